The number of para-hydroxylation sites is 1. The fourth-order valence-electron chi connectivity index (χ4n) is 3.53. The van der Waals surface area contributed by atoms with Crippen LogP contribution in [0.5, 0.6) is 5.75 Å². The van der Waals surface area contributed by atoms with Crippen molar-refractivity contribution in [1.29, 1.82) is 0 Å². The average Bonchev–Trinajstić information content (AvgIpc) is 2.86. The topological polar surface area (TPSA) is 73.2 Å². The Balaban J connectivity index is 1.56. The van der Waals surface area contributed by atoms with E-state index in [1.54, 1.807) is 25.3 Å². The van der Waals surface area contributed by atoms with Gasteiger partial charge in [0.25, 0.3) is 5.56 Å². The Hall–Kier alpha value is -3.58. The second-order valence-corrected chi connectivity index (χ2v) is 8.60. The Morgan fingerprint density at radius 1 is 1.06 bits per heavy atom. The lowest BCUT2D eigenvalue weighted by atomic mass is 10.0. The normalized spacial score (nSPS) is 11.8. The van der Waals surface area contributed by atoms with Gasteiger partial charge in [0.15, 0.2) is 5.16 Å². The number of hydrogen-bond acceptors (Lipinski definition) is 5. The first-order valence-corrected chi connectivity index (χ1v) is 11.7. The zero-order chi connectivity index (χ0) is 23.2. The van der Waals surface area contributed by atoms with Crippen molar-refractivity contribution in [2.45, 2.75) is 18.0 Å². The minimum absolute atomic E-state index is 0.109. The molecule has 0 spiro atoms. The lowest BCUT2D eigenvalue weighted by Gasteiger charge is -2.15. The Morgan fingerprint density at radius 2 is 1.82 bits per heavy atom. The molecule has 4 rings (SSSR count). The summed E-state index contributed by atoms with van der Waals surface area (Å²) in [5.41, 5.74) is 2.23. The van der Waals surface area contributed by atoms with Crippen LogP contribution < -0.4 is 15.6 Å². The fourth-order valence-corrected chi connectivity index (χ4v) is 4.38. The molecule has 4 aromatic rings. The summed E-state index contributed by atoms with van der Waals surface area (Å²) in [5, 5.41) is 3.96. The Labute approximate surface area is 196 Å². The van der Waals surface area contributed by atoms with E-state index in [4.69, 9.17) is 4.74 Å². The van der Waals surface area contributed by atoms with E-state index in [9.17, 15) is 9.59 Å². The Bertz CT molecular complexity index is 1320. The lowest BCUT2D eigenvalue weighted by molar-refractivity contribution is -0.118. The lowest BCUT2D eigenvalue weighted by Crippen LogP contribution is -2.29. The predicted molar refractivity (Wildman–Crippen MR) is 132 cm³/mol. The highest BCUT2D eigenvalue weighted by Gasteiger charge is 2.16. The van der Waals surface area contributed by atoms with E-state index < -0.39 is 0 Å². The number of ether oxygens (including phenoxy) is 1. The first-order chi connectivity index (χ1) is 16.1. The Morgan fingerprint density at radius 3 is 2.61 bits per heavy atom. The summed E-state index contributed by atoms with van der Waals surface area (Å²) < 4.78 is 6.86. The van der Waals surface area contributed by atoms with Crippen LogP contribution in [0.2, 0.25) is 0 Å². The van der Waals surface area contributed by atoms with E-state index in [2.05, 4.69) is 29.4 Å². The monoisotopic (exact) mass is 459 g/mol. The molecule has 0 aliphatic rings. The minimum atomic E-state index is -0.186. The van der Waals surface area contributed by atoms with E-state index in [0.717, 1.165) is 0 Å². The van der Waals surface area contributed by atoms with Crippen molar-refractivity contribution in [3.63, 3.8) is 0 Å². The highest BCUT2D eigenvalue weighted by atomic mass is 32.2. The van der Waals surface area contributed by atoms with Gasteiger partial charge in [-0.05, 0) is 35.7 Å². The SMILES string of the molecule is COc1cccc(-n2c(SCC(=O)NCC(C)c3ccccc3)nc3ccccc3c2=O)c1. The van der Waals surface area contributed by atoms with E-state index in [-0.39, 0.29) is 23.1 Å². The van der Waals surface area contributed by atoms with Gasteiger partial charge < -0.3 is 10.1 Å². The summed E-state index contributed by atoms with van der Waals surface area (Å²) in [5.74, 6) is 0.878. The van der Waals surface area contributed by atoms with Gasteiger partial charge in [0.2, 0.25) is 5.91 Å². The number of thioether (sulfide) groups is 1. The number of hydrogen-bond donors (Lipinski definition) is 1. The van der Waals surface area contributed by atoms with Gasteiger partial charge in [0, 0.05) is 12.6 Å². The van der Waals surface area contributed by atoms with Gasteiger partial charge >= 0.3 is 0 Å². The van der Waals surface area contributed by atoms with Crippen molar-refractivity contribution in [2.75, 3.05) is 19.4 Å². The third-order valence-electron chi connectivity index (χ3n) is 5.36. The van der Waals surface area contributed by atoms with Crippen LogP contribution in [0.3, 0.4) is 0 Å². The number of rotatable bonds is 8. The molecule has 0 saturated carbocycles. The first kappa shape index (κ1) is 22.6. The molecule has 0 fully saturated rings. The second kappa shape index (κ2) is 10.4. The maximum atomic E-state index is 13.3. The number of carbonyl (C=O) groups excluding carboxylic acids is 1. The third-order valence-corrected chi connectivity index (χ3v) is 6.30. The maximum Gasteiger partial charge on any atom is 0.266 e. The van der Waals surface area contributed by atoms with Crippen molar-refractivity contribution in [3.05, 3.63) is 94.8 Å². The van der Waals surface area contributed by atoms with Crippen LogP contribution in [-0.4, -0.2) is 34.9 Å². The molecule has 1 N–H and O–H groups in total. The molecule has 0 aliphatic carbocycles. The molecule has 0 aliphatic heterocycles. The molecule has 3 aromatic carbocycles. The number of methoxy groups -OCH3 is 1. The molecule has 1 heterocycles. The minimum Gasteiger partial charge on any atom is -0.497 e. The van der Waals surface area contributed by atoms with Crippen LogP contribution in [-0.2, 0) is 4.79 Å². The van der Waals surface area contributed by atoms with Crippen LogP contribution in [0.15, 0.2) is 88.8 Å². The van der Waals surface area contributed by atoms with Crippen molar-refractivity contribution >= 4 is 28.6 Å². The van der Waals surface area contributed by atoms with Crippen LogP contribution in [0, 0.1) is 0 Å². The van der Waals surface area contributed by atoms with Crippen LogP contribution in [0.25, 0.3) is 16.6 Å². The average molecular weight is 460 g/mol. The molecular formula is C26H25N3O3S. The van der Waals surface area contributed by atoms with Crippen molar-refractivity contribution in [3.8, 4) is 11.4 Å². The predicted octanol–water partition coefficient (Wildman–Crippen LogP) is 4.41. The molecule has 0 radical (unpaired) electrons. The molecule has 1 unspecified atom stereocenters. The number of benzene rings is 3. The second-order valence-electron chi connectivity index (χ2n) is 7.66. The Kier molecular flexibility index (Phi) is 7.10. The maximum absolute atomic E-state index is 13.3. The van der Waals surface area contributed by atoms with Crippen molar-refractivity contribution < 1.29 is 9.53 Å². The summed E-state index contributed by atoms with van der Waals surface area (Å²) in [7, 11) is 1.58. The zero-order valence-electron chi connectivity index (χ0n) is 18.5. The fraction of sp³-hybridized carbons (Fsp3) is 0.192. The summed E-state index contributed by atoms with van der Waals surface area (Å²) in [6.07, 6.45) is 0. The highest BCUT2D eigenvalue weighted by Crippen LogP contribution is 2.23. The van der Waals surface area contributed by atoms with Gasteiger partial charge in [0.05, 0.1) is 29.5 Å². The number of nitrogens with zero attached hydrogens (tertiary/aromatic N) is 2. The molecule has 7 heteroatoms. The largest absolute Gasteiger partial charge is 0.497 e. The molecule has 33 heavy (non-hydrogen) atoms. The van der Waals surface area contributed by atoms with Gasteiger partial charge in [-0.1, -0.05) is 67.2 Å². The standard InChI is InChI=1S/C26H25N3O3S/c1-18(19-9-4-3-5-10-19)16-27-24(30)17-33-26-28-23-14-7-6-13-22(23)25(31)29(26)20-11-8-12-21(15-20)32-2/h3-15,18H,16-17H2,1-2H3,(H,27,30). The molecule has 1 atom stereocenters. The number of carbonyl (C=O) groups is 1. The quantitative estimate of drug-likeness (QED) is 0.312. The van der Waals surface area contributed by atoms with E-state index in [1.165, 1.54) is 21.9 Å². The summed E-state index contributed by atoms with van der Waals surface area (Å²) in [6.45, 7) is 2.62. The third kappa shape index (κ3) is 5.26. The molecule has 1 amide bonds. The summed E-state index contributed by atoms with van der Waals surface area (Å²) in [4.78, 5) is 30.6. The van der Waals surface area contributed by atoms with Crippen LogP contribution >= 0.6 is 11.8 Å². The van der Waals surface area contributed by atoms with Crippen LogP contribution in [0.1, 0.15) is 18.4 Å². The van der Waals surface area contributed by atoms with Gasteiger partial charge in [-0.25, -0.2) is 4.98 Å². The van der Waals surface area contributed by atoms with E-state index >= 15 is 0 Å². The van der Waals surface area contributed by atoms with Gasteiger partial charge in [0.1, 0.15) is 5.75 Å². The van der Waals surface area contributed by atoms with Crippen molar-refractivity contribution in [1.82, 2.24) is 14.9 Å². The van der Waals surface area contributed by atoms with Gasteiger partial charge in [-0.15, -0.1) is 0 Å². The number of amides is 1. The molecule has 0 saturated heterocycles. The van der Waals surface area contributed by atoms with Gasteiger partial charge in [-0.3, -0.25) is 14.2 Å². The smallest absolute Gasteiger partial charge is 0.266 e. The number of aromatic nitrogens is 2. The molecule has 1 aromatic heterocycles. The number of fused-ring (bicyclic) bond motifs is 1. The van der Waals surface area contributed by atoms with Gasteiger partial charge in [-0.2, -0.15) is 0 Å². The zero-order valence-corrected chi connectivity index (χ0v) is 19.3. The van der Waals surface area contributed by atoms with Crippen molar-refractivity contribution in [2.24, 2.45) is 0 Å². The van der Waals surface area contributed by atoms with E-state index in [1.807, 2.05) is 48.5 Å². The molecule has 168 valence electrons. The summed E-state index contributed by atoms with van der Waals surface area (Å²) >= 11 is 1.24. The summed E-state index contributed by atoms with van der Waals surface area (Å²) in [6, 6.07) is 24.5. The molecule has 0 bridgehead atoms. The molecule has 6 nitrogen and oxygen atoms in total. The number of nitrogens with one attached hydrogen (secondary N) is 1. The highest BCUT2D eigenvalue weighted by molar-refractivity contribution is 7.99. The molecular weight excluding hydrogens is 434 g/mol. The first-order valence-electron chi connectivity index (χ1n) is 10.7. The van der Waals surface area contributed by atoms with E-state index in [0.29, 0.717) is 34.0 Å². The van der Waals surface area contributed by atoms with Crippen LogP contribution in [0.4, 0.5) is 0 Å².